The van der Waals surface area contributed by atoms with Crippen molar-refractivity contribution >= 4 is 59.2 Å². The summed E-state index contributed by atoms with van der Waals surface area (Å²) in [4.78, 5) is 30.1. The zero-order valence-corrected chi connectivity index (χ0v) is 18.5. The standard InChI is InChI=1S/C20H23BFN3O3S2/c1-20(2,17(26)27)30-16-10-23-18(29-16)24-19(28)25(11-12-5-3-4-6-12)13-7-8-14(21)15(22)9-13/h7-10,12H,3-6,11H2,1-2H3,(H,26,27)(H,23,24,28). The molecule has 1 aromatic carbocycles. The maximum absolute atomic E-state index is 14.0. The molecule has 0 saturated heterocycles. The molecule has 3 rings (SSSR count). The van der Waals surface area contributed by atoms with Crippen LogP contribution in [0.3, 0.4) is 0 Å². The summed E-state index contributed by atoms with van der Waals surface area (Å²) in [7, 11) is 5.58. The second-order valence-corrected chi connectivity index (χ2v) is 10.8. The molecule has 1 saturated carbocycles. The van der Waals surface area contributed by atoms with Gasteiger partial charge in [0.2, 0.25) is 0 Å². The molecule has 1 aliphatic carbocycles. The van der Waals surface area contributed by atoms with Crippen molar-refractivity contribution in [2.45, 2.75) is 48.5 Å². The van der Waals surface area contributed by atoms with Crippen molar-refractivity contribution in [1.82, 2.24) is 4.98 Å². The minimum absolute atomic E-state index is 0.0302. The lowest BCUT2D eigenvalue weighted by molar-refractivity contribution is -0.138. The molecule has 2 radical (unpaired) electrons. The van der Waals surface area contributed by atoms with E-state index < -0.39 is 22.6 Å². The second-order valence-electron chi connectivity index (χ2n) is 7.80. The van der Waals surface area contributed by atoms with Crippen molar-refractivity contribution in [2.75, 3.05) is 16.8 Å². The lowest BCUT2D eigenvalue weighted by atomic mass is 9.95. The van der Waals surface area contributed by atoms with E-state index in [9.17, 15) is 19.1 Å². The highest BCUT2D eigenvalue weighted by atomic mass is 32.2. The van der Waals surface area contributed by atoms with Gasteiger partial charge in [0.15, 0.2) is 5.13 Å². The number of carboxylic acids is 1. The molecule has 2 amide bonds. The summed E-state index contributed by atoms with van der Waals surface area (Å²) < 4.78 is 13.7. The number of amides is 2. The quantitative estimate of drug-likeness (QED) is 0.490. The Labute approximate surface area is 184 Å². The highest BCUT2D eigenvalue weighted by Crippen LogP contribution is 2.37. The number of halogens is 1. The first kappa shape index (κ1) is 22.6. The van der Waals surface area contributed by atoms with Crippen molar-refractivity contribution in [3.8, 4) is 0 Å². The van der Waals surface area contributed by atoms with Crippen LogP contribution in [0.15, 0.2) is 28.6 Å². The van der Waals surface area contributed by atoms with Crippen LogP contribution in [-0.4, -0.2) is 41.2 Å². The van der Waals surface area contributed by atoms with Gasteiger partial charge in [-0.25, -0.2) is 14.2 Å². The van der Waals surface area contributed by atoms with Crippen LogP contribution in [0.4, 0.5) is 20.0 Å². The van der Waals surface area contributed by atoms with Gasteiger partial charge in [0.1, 0.15) is 18.4 Å². The first-order valence-electron chi connectivity index (χ1n) is 9.67. The smallest absolute Gasteiger partial charge is 0.328 e. The van der Waals surface area contributed by atoms with Gasteiger partial charge in [-0.15, -0.1) is 0 Å². The minimum atomic E-state index is -1.01. The summed E-state index contributed by atoms with van der Waals surface area (Å²) in [5.74, 6) is -1.14. The summed E-state index contributed by atoms with van der Waals surface area (Å²) in [5.41, 5.74) is 0.465. The Morgan fingerprint density at radius 2 is 2.10 bits per heavy atom. The number of urea groups is 1. The zero-order chi connectivity index (χ0) is 21.9. The largest absolute Gasteiger partial charge is 0.480 e. The van der Waals surface area contributed by atoms with Crippen molar-refractivity contribution in [3.05, 3.63) is 30.2 Å². The van der Waals surface area contributed by atoms with E-state index in [1.165, 1.54) is 28.4 Å². The van der Waals surface area contributed by atoms with E-state index in [1.807, 2.05) is 0 Å². The molecule has 1 aromatic heterocycles. The number of aliphatic carboxylic acids is 1. The molecule has 0 bridgehead atoms. The molecule has 0 spiro atoms. The molecule has 0 aliphatic heterocycles. The number of hydrogen-bond donors (Lipinski definition) is 2. The number of nitrogens with zero attached hydrogens (tertiary/aromatic N) is 2. The van der Waals surface area contributed by atoms with Gasteiger partial charge < -0.3 is 5.11 Å². The number of hydrogen-bond acceptors (Lipinski definition) is 5. The van der Waals surface area contributed by atoms with E-state index in [0.717, 1.165) is 37.4 Å². The highest BCUT2D eigenvalue weighted by Gasteiger charge is 2.30. The van der Waals surface area contributed by atoms with E-state index in [0.29, 0.717) is 27.5 Å². The molecule has 1 fully saturated rings. The normalized spacial score (nSPS) is 14.6. The van der Waals surface area contributed by atoms with Crippen LogP contribution in [0.2, 0.25) is 0 Å². The fourth-order valence-electron chi connectivity index (χ4n) is 3.26. The van der Waals surface area contributed by atoms with Crippen LogP contribution < -0.4 is 15.7 Å². The number of benzene rings is 1. The van der Waals surface area contributed by atoms with Gasteiger partial charge in [-0.3, -0.25) is 15.0 Å². The molecular formula is C20H23BFN3O3S2. The lowest BCUT2D eigenvalue weighted by Gasteiger charge is -2.26. The topological polar surface area (TPSA) is 82.5 Å². The van der Waals surface area contributed by atoms with Crippen LogP contribution in [0.25, 0.3) is 0 Å². The molecule has 2 N–H and O–H groups in total. The number of rotatable bonds is 7. The number of carboxylic acid groups (broad SMARTS) is 1. The SMILES string of the molecule is [B]c1ccc(N(CC2CCCC2)C(=O)Nc2ncc(SC(C)(C)C(=O)O)s2)cc1F. The first-order chi connectivity index (χ1) is 14.2. The number of nitrogens with one attached hydrogen (secondary N) is 1. The average Bonchev–Trinajstić information content (AvgIpc) is 3.33. The predicted octanol–water partition coefficient (Wildman–Crippen LogP) is 4.26. The Morgan fingerprint density at radius 3 is 2.73 bits per heavy atom. The molecular weight excluding hydrogens is 424 g/mol. The van der Waals surface area contributed by atoms with Crippen LogP contribution in [0.5, 0.6) is 0 Å². The fraction of sp³-hybridized carbons (Fsp3) is 0.450. The van der Waals surface area contributed by atoms with Gasteiger partial charge in [0.25, 0.3) is 0 Å². The third-order valence-electron chi connectivity index (χ3n) is 5.03. The molecule has 30 heavy (non-hydrogen) atoms. The lowest BCUT2D eigenvalue weighted by Crippen LogP contribution is -2.38. The zero-order valence-electron chi connectivity index (χ0n) is 16.9. The molecule has 6 nitrogen and oxygen atoms in total. The number of aromatic nitrogens is 1. The molecule has 10 heteroatoms. The molecule has 1 aliphatic rings. The maximum Gasteiger partial charge on any atom is 0.328 e. The van der Waals surface area contributed by atoms with E-state index in [1.54, 1.807) is 26.1 Å². The van der Waals surface area contributed by atoms with Gasteiger partial charge in [-0.1, -0.05) is 47.5 Å². The summed E-state index contributed by atoms with van der Waals surface area (Å²) in [6.07, 6.45) is 5.86. The average molecular weight is 447 g/mol. The molecule has 158 valence electrons. The van der Waals surface area contributed by atoms with E-state index in [2.05, 4.69) is 10.3 Å². The van der Waals surface area contributed by atoms with E-state index in [4.69, 9.17) is 7.85 Å². The third kappa shape index (κ3) is 5.54. The summed E-state index contributed by atoms with van der Waals surface area (Å²) >= 11 is 2.37. The fourth-order valence-corrected chi connectivity index (χ4v) is 5.52. The monoisotopic (exact) mass is 447 g/mol. The Morgan fingerprint density at radius 1 is 1.40 bits per heavy atom. The number of carbonyl (C=O) groups excluding carboxylic acids is 1. The van der Waals surface area contributed by atoms with Crippen LogP contribution in [0, 0.1) is 11.7 Å². The van der Waals surface area contributed by atoms with Crippen LogP contribution in [0.1, 0.15) is 39.5 Å². The molecule has 1 heterocycles. The molecule has 0 unspecified atom stereocenters. The first-order valence-corrected chi connectivity index (χ1v) is 11.3. The van der Waals surface area contributed by atoms with Crippen molar-refractivity contribution in [2.24, 2.45) is 5.92 Å². The highest BCUT2D eigenvalue weighted by molar-refractivity contribution is 8.03. The Balaban J connectivity index is 1.76. The summed E-state index contributed by atoms with van der Waals surface area (Å²) in [5, 5.41) is 12.4. The van der Waals surface area contributed by atoms with Crippen molar-refractivity contribution in [3.63, 3.8) is 0 Å². The van der Waals surface area contributed by atoms with Gasteiger partial charge in [-0.2, -0.15) is 0 Å². The van der Waals surface area contributed by atoms with Crippen LogP contribution in [-0.2, 0) is 4.79 Å². The van der Waals surface area contributed by atoms with Gasteiger partial charge in [0.05, 0.1) is 10.4 Å². The van der Waals surface area contributed by atoms with E-state index >= 15 is 0 Å². The van der Waals surface area contributed by atoms with Gasteiger partial charge in [-0.05, 0) is 44.7 Å². The van der Waals surface area contributed by atoms with Crippen LogP contribution >= 0.6 is 23.1 Å². The maximum atomic E-state index is 14.0. The Bertz CT molecular complexity index is 932. The molecule has 0 atom stereocenters. The Hall–Kier alpha value is -2.07. The summed E-state index contributed by atoms with van der Waals surface area (Å²) in [6, 6.07) is 3.94. The van der Waals surface area contributed by atoms with Gasteiger partial charge in [0, 0.05) is 12.2 Å². The number of thiazole rings is 1. The number of anilines is 2. The number of carbonyl (C=O) groups is 2. The van der Waals surface area contributed by atoms with Crippen molar-refractivity contribution < 1.29 is 19.1 Å². The van der Waals surface area contributed by atoms with Crippen molar-refractivity contribution in [1.29, 1.82) is 0 Å². The molecule has 2 aromatic rings. The Kier molecular flexibility index (Phi) is 7.08. The second kappa shape index (κ2) is 9.39. The third-order valence-corrected chi connectivity index (χ3v) is 7.22. The minimum Gasteiger partial charge on any atom is -0.480 e. The van der Waals surface area contributed by atoms with E-state index in [-0.39, 0.29) is 5.46 Å². The summed E-state index contributed by atoms with van der Waals surface area (Å²) in [6.45, 7) is 3.70. The number of thioether (sulfide) groups is 1. The predicted molar refractivity (Wildman–Crippen MR) is 120 cm³/mol. The van der Waals surface area contributed by atoms with Gasteiger partial charge >= 0.3 is 12.0 Å².